The molecular formula is C18H18N4O. The number of nitrogens with one attached hydrogen (secondary N) is 1. The molecule has 1 aromatic carbocycles. The zero-order chi connectivity index (χ0) is 16.1. The van der Waals surface area contributed by atoms with Crippen LogP contribution < -0.4 is 10.0 Å². The molecule has 5 nitrogen and oxygen atoms in total. The predicted molar refractivity (Wildman–Crippen MR) is 89.8 cm³/mol. The molecule has 0 radical (unpaired) electrons. The van der Waals surface area contributed by atoms with Crippen molar-refractivity contribution in [1.82, 2.24) is 9.97 Å². The normalized spacial score (nSPS) is 10.5. The number of pyridine rings is 1. The Morgan fingerprint density at radius 3 is 2.70 bits per heavy atom. The van der Waals surface area contributed by atoms with E-state index in [1.54, 1.807) is 12.3 Å². The first-order valence-electron chi connectivity index (χ1n) is 7.53. The molecule has 3 aromatic rings. The molecule has 116 valence electrons. The van der Waals surface area contributed by atoms with E-state index < -0.39 is 0 Å². The van der Waals surface area contributed by atoms with Gasteiger partial charge in [0.15, 0.2) is 18.2 Å². The van der Waals surface area contributed by atoms with Crippen LogP contribution in [0.5, 0.6) is 0 Å². The van der Waals surface area contributed by atoms with Crippen molar-refractivity contribution in [2.45, 2.75) is 13.3 Å². The average molecular weight is 306 g/mol. The van der Waals surface area contributed by atoms with E-state index in [0.29, 0.717) is 12.4 Å². The molecule has 1 N–H and O–H groups in total. The van der Waals surface area contributed by atoms with Gasteiger partial charge < -0.3 is 10.5 Å². The summed E-state index contributed by atoms with van der Waals surface area (Å²) in [7, 11) is 0. The standard InChI is InChI=1S/C18H18N4O/c1-14-12-17(19-10-9-15-6-5-11-22(23)13-15)21-18(20-14)16-7-3-2-4-8-16/h2-8,11-13H,9-10H2,1H3,(H,19,20,21). The SMILES string of the molecule is Cc1cc(NCCc2ccc[n+]([O-])c2)nc(-c2ccccc2)n1. The minimum absolute atomic E-state index is 0.703. The fraction of sp³-hybridized carbons (Fsp3) is 0.167. The Bertz CT molecular complexity index is 790. The minimum atomic E-state index is 0.703. The Labute approximate surface area is 135 Å². The van der Waals surface area contributed by atoms with E-state index in [4.69, 9.17) is 0 Å². The van der Waals surface area contributed by atoms with Gasteiger partial charge in [0, 0.05) is 35.5 Å². The lowest BCUT2D eigenvalue weighted by Gasteiger charge is -2.08. The van der Waals surface area contributed by atoms with E-state index >= 15 is 0 Å². The smallest absolute Gasteiger partial charge is 0.183 e. The van der Waals surface area contributed by atoms with Crippen molar-refractivity contribution >= 4 is 5.82 Å². The molecule has 0 spiro atoms. The minimum Gasteiger partial charge on any atom is -0.619 e. The van der Waals surface area contributed by atoms with Gasteiger partial charge in [0.1, 0.15) is 5.82 Å². The maximum Gasteiger partial charge on any atom is 0.183 e. The molecule has 0 saturated heterocycles. The number of aromatic nitrogens is 3. The molecule has 0 amide bonds. The van der Waals surface area contributed by atoms with E-state index in [-0.39, 0.29) is 0 Å². The Morgan fingerprint density at radius 2 is 1.91 bits per heavy atom. The summed E-state index contributed by atoms with van der Waals surface area (Å²) in [5, 5.41) is 14.5. The molecule has 0 saturated carbocycles. The van der Waals surface area contributed by atoms with E-state index in [9.17, 15) is 5.21 Å². The van der Waals surface area contributed by atoms with Gasteiger partial charge in [0.05, 0.1) is 0 Å². The molecule has 3 rings (SSSR count). The largest absolute Gasteiger partial charge is 0.619 e. The molecule has 0 aliphatic heterocycles. The number of aryl methyl sites for hydroxylation is 1. The number of benzene rings is 1. The van der Waals surface area contributed by atoms with E-state index in [1.807, 2.05) is 49.4 Å². The van der Waals surface area contributed by atoms with Crippen LogP contribution in [0.15, 0.2) is 60.9 Å². The summed E-state index contributed by atoms with van der Waals surface area (Å²) >= 11 is 0. The average Bonchev–Trinajstić information content (AvgIpc) is 2.55. The van der Waals surface area contributed by atoms with Crippen molar-refractivity contribution < 1.29 is 4.73 Å². The van der Waals surface area contributed by atoms with E-state index in [1.165, 1.54) is 6.20 Å². The fourth-order valence-corrected chi connectivity index (χ4v) is 2.36. The molecule has 0 bridgehead atoms. The first kappa shape index (κ1) is 15.0. The number of hydrogen-bond donors (Lipinski definition) is 1. The van der Waals surface area contributed by atoms with Gasteiger partial charge >= 0.3 is 0 Å². The number of hydrogen-bond acceptors (Lipinski definition) is 4. The van der Waals surface area contributed by atoms with Gasteiger partial charge in [-0.25, -0.2) is 9.97 Å². The molecule has 2 aromatic heterocycles. The third kappa shape index (κ3) is 4.03. The topological polar surface area (TPSA) is 64.8 Å². The summed E-state index contributed by atoms with van der Waals surface area (Å²) in [6.07, 6.45) is 3.83. The van der Waals surface area contributed by atoms with Crippen LogP contribution in [0.1, 0.15) is 11.3 Å². The molecule has 2 heterocycles. The van der Waals surface area contributed by atoms with Crippen LogP contribution in [0.2, 0.25) is 0 Å². The van der Waals surface area contributed by atoms with Crippen LogP contribution in [-0.2, 0) is 6.42 Å². The highest BCUT2D eigenvalue weighted by molar-refractivity contribution is 5.57. The number of rotatable bonds is 5. The lowest BCUT2D eigenvalue weighted by atomic mass is 10.2. The summed E-state index contributed by atoms with van der Waals surface area (Å²) in [4.78, 5) is 9.05. The molecule has 0 aliphatic rings. The molecule has 23 heavy (non-hydrogen) atoms. The predicted octanol–water partition coefficient (Wildman–Crippen LogP) is 2.74. The molecule has 0 aliphatic carbocycles. The summed E-state index contributed by atoms with van der Waals surface area (Å²) in [5.74, 6) is 1.51. The van der Waals surface area contributed by atoms with E-state index in [0.717, 1.165) is 33.8 Å². The Hall–Kier alpha value is -2.95. The third-order valence-corrected chi connectivity index (χ3v) is 3.44. The highest BCUT2D eigenvalue weighted by Crippen LogP contribution is 2.17. The van der Waals surface area contributed by atoms with Gasteiger partial charge in [-0.05, 0) is 19.4 Å². The quantitative estimate of drug-likeness (QED) is 0.581. The monoisotopic (exact) mass is 306 g/mol. The van der Waals surface area contributed by atoms with Crippen LogP contribution in [0, 0.1) is 12.1 Å². The molecular weight excluding hydrogens is 288 g/mol. The van der Waals surface area contributed by atoms with Crippen LogP contribution in [0.4, 0.5) is 5.82 Å². The summed E-state index contributed by atoms with van der Waals surface area (Å²) in [6.45, 7) is 2.66. The van der Waals surface area contributed by atoms with Crippen molar-refractivity contribution in [3.8, 4) is 11.4 Å². The summed E-state index contributed by atoms with van der Waals surface area (Å²) in [6, 6.07) is 15.5. The van der Waals surface area contributed by atoms with Gasteiger partial charge in [-0.3, -0.25) is 0 Å². The Balaban J connectivity index is 1.70. The first-order chi connectivity index (χ1) is 11.2. The Kier molecular flexibility index (Phi) is 4.47. The van der Waals surface area contributed by atoms with Crippen molar-refractivity contribution in [1.29, 1.82) is 0 Å². The summed E-state index contributed by atoms with van der Waals surface area (Å²) in [5.41, 5.74) is 2.90. The second-order valence-corrected chi connectivity index (χ2v) is 5.33. The fourth-order valence-electron chi connectivity index (χ4n) is 2.36. The first-order valence-corrected chi connectivity index (χ1v) is 7.53. The van der Waals surface area contributed by atoms with Crippen LogP contribution in [0.25, 0.3) is 11.4 Å². The maximum atomic E-state index is 11.2. The van der Waals surface area contributed by atoms with Crippen LogP contribution >= 0.6 is 0 Å². The number of anilines is 1. The third-order valence-electron chi connectivity index (χ3n) is 3.44. The molecule has 0 atom stereocenters. The van der Waals surface area contributed by atoms with Gasteiger partial charge in [-0.15, -0.1) is 0 Å². The highest BCUT2D eigenvalue weighted by Gasteiger charge is 2.05. The van der Waals surface area contributed by atoms with Gasteiger partial charge in [0.25, 0.3) is 0 Å². The van der Waals surface area contributed by atoms with Crippen molar-refractivity contribution in [2.24, 2.45) is 0 Å². The van der Waals surface area contributed by atoms with Crippen LogP contribution in [-0.4, -0.2) is 16.5 Å². The van der Waals surface area contributed by atoms with Gasteiger partial charge in [0.2, 0.25) is 0 Å². The van der Waals surface area contributed by atoms with E-state index in [2.05, 4.69) is 15.3 Å². The molecule has 0 fully saturated rings. The van der Waals surface area contributed by atoms with Crippen molar-refractivity contribution in [2.75, 3.05) is 11.9 Å². The molecule has 5 heteroatoms. The lowest BCUT2D eigenvalue weighted by molar-refractivity contribution is -0.605. The van der Waals surface area contributed by atoms with Crippen molar-refractivity contribution in [3.63, 3.8) is 0 Å². The Morgan fingerprint density at radius 1 is 1.09 bits per heavy atom. The zero-order valence-electron chi connectivity index (χ0n) is 12.9. The zero-order valence-corrected chi connectivity index (χ0v) is 12.9. The second-order valence-electron chi connectivity index (χ2n) is 5.33. The number of nitrogens with zero attached hydrogens (tertiary/aromatic N) is 3. The van der Waals surface area contributed by atoms with Crippen LogP contribution in [0.3, 0.4) is 0 Å². The maximum absolute atomic E-state index is 11.2. The van der Waals surface area contributed by atoms with Gasteiger partial charge in [-0.2, -0.15) is 4.73 Å². The highest BCUT2D eigenvalue weighted by atomic mass is 16.5. The second kappa shape index (κ2) is 6.87. The molecule has 0 unspecified atom stereocenters. The summed E-state index contributed by atoms with van der Waals surface area (Å²) < 4.78 is 0.817. The van der Waals surface area contributed by atoms with Crippen molar-refractivity contribution in [3.05, 3.63) is 77.4 Å². The lowest BCUT2D eigenvalue weighted by Crippen LogP contribution is -2.25. The van der Waals surface area contributed by atoms with Gasteiger partial charge in [-0.1, -0.05) is 30.3 Å².